The smallest absolute Gasteiger partial charge is 0.335 e. The summed E-state index contributed by atoms with van der Waals surface area (Å²) in [5, 5.41) is 69.7. The molecule has 14 atom stereocenters. The molecule has 11 rings (SSSR count). The Morgan fingerprint density at radius 1 is 1.08 bits per heavy atom. The van der Waals surface area contributed by atoms with E-state index in [1.165, 1.54) is 30.2 Å². The molecule has 0 amide bonds. The molecule has 2 aromatic rings. The lowest BCUT2D eigenvalue weighted by Crippen LogP contribution is -2.81. The van der Waals surface area contributed by atoms with Gasteiger partial charge in [-0.25, -0.2) is 4.79 Å². The number of rotatable bonds is 6. The van der Waals surface area contributed by atoms with Crippen molar-refractivity contribution < 1.29 is 59.2 Å². The summed E-state index contributed by atoms with van der Waals surface area (Å²) < 4.78 is 26.8. The molecule has 5 aliphatic heterocycles. The predicted molar refractivity (Wildman–Crippen MR) is 210 cm³/mol. The predicted octanol–water partition coefficient (Wildman–Crippen LogP) is 3.33. The number of benzene rings is 2. The van der Waals surface area contributed by atoms with Crippen LogP contribution < -0.4 is 15.6 Å². The Morgan fingerprint density at radius 3 is 2.69 bits per heavy atom. The van der Waals surface area contributed by atoms with E-state index < -0.39 is 70.9 Å². The number of hydrogen-bond acceptors (Lipinski definition) is 13. The van der Waals surface area contributed by atoms with Gasteiger partial charge in [0.1, 0.15) is 35.4 Å². The number of hydrogen-bond donors (Lipinski definition) is 8. The first-order valence-corrected chi connectivity index (χ1v) is 21.5. The van der Waals surface area contributed by atoms with E-state index in [1.807, 2.05) is 0 Å². The van der Waals surface area contributed by atoms with Gasteiger partial charge in [0.25, 0.3) is 0 Å². The molecule has 14 nitrogen and oxygen atoms in total. The molecular formula is C45H54N2O12. The van der Waals surface area contributed by atoms with Crippen molar-refractivity contribution in [2.75, 3.05) is 19.8 Å². The number of phenols is 1. The number of carbonyl (C=O) groups excluding carboxylic acids is 1. The monoisotopic (exact) mass is 814 g/mol. The van der Waals surface area contributed by atoms with Crippen molar-refractivity contribution in [2.45, 2.75) is 132 Å². The molecule has 1 unspecified atom stereocenters. The first-order valence-electron chi connectivity index (χ1n) is 21.5. The molecule has 4 saturated heterocycles. The second kappa shape index (κ2) is 13.0. The molecular weight excluding hydrogens is 760 g/mol. The molecule has 59 heavy (non-hydrogen) atoms. The van der Waals surface area contributed by atoms with E-state index in [4.69, 9.17) is 18.9 Å². The van der Waals surface area contributed by atoms with Gasteiger partial charge < -0.3 is 49.6 Å². The number of carbonyl (C=O) groups is 2. The number of Topliss-reactive ketones (excluding diaryl/α,β-unsaturated/α-hetero) is 1. The van der Waals surface area contributed by atoms with Crippen LogP contribution >= 0.6 is 0 Å². The largest absolute Gasteiger partial charge is 0.506 e. The number of carboxylic acid groups (broad SMARTS) is 1. The molecule has 3 saturated carbocycles. The molecule has 3 spiro atoms. The Morgan fingerprint density at radius 2 is 1.92 bits per heavy atom. The van der Waals surface area contributed by atoms with Crippen molar-refractivity contribution in [1.29, 1.82) is 0 Å². The zero-order chi connectivity index (χ0) is 41.0. The second-order valence-electron chi connectivity index (χ2n) is 19.4. The highest BCUT2D eigenvalue weighted by Crippen LogP contribution is 2.73. The summed E-state index contributed by atoms with van der Waals surface area (Å²) >= 11 is 0. The molecule has 7 fully saturated rings. The lowest BCUT2D eigenvalue weighted by molar-refractivity contribution is -0.337. The Bertz CT molecular complexity index is 2240. The van der Waals surface area contributed by atoms with Crippen LogP contribution in [0.4, 0.5) is 0 Å². The number of aromatic carboxylic acids is 1. The van der Waals surface area contributed by atoms with Gasteiger partial charge >= 0.3 is 5.97 Å². The van der Waals surface area contributed by atoms with Gasteiger partial charge in [-0.05, 0) is 129 Å². The van der Waals surface area contributed by atoms with Crippen molar-refractivity contribution >= 4 is 22.5 Å². The summed E-state index contributed by atoms with van der Waals surface area (Å²) in [6, 6.07) is 4.46. The molecule has 0 aromatic heterocycles. The SMILES string of the molecule is CC(=O)c1c(C)cc2cc(C(=O)O)cc(O[C@H]3O[C@@H]4[C@@H](O)CC[C@H]5O[C@@]4(CC4C6=C5CC=C6[C@@]5(CCO)COC[C@H]6C[C@@]78CCC[C@@H]7NN[C@@]4(C8)[C@H]65)[C@H](O)[C@H]3O)c2c1O. The maximum atomic E-state index is 12.7. The molecule has 8 N–H and O–H groups in total. The second-order valence-corrected chi connectivity index (χ2v) is 19.4. The number of hydrazine groups is 1. The van der Waals surface area contributed by atoms with Crippen LogP contribution in [0.25, 0.3) is 10.8 Å². The fourth-order valence-corrected chi connectivity index (χ4v) is 14.8. The number of aliphatic hydroxyl groups excluding tert-OH is 4. The summed E-state index contributed by atoms with van der Waals surface area (Å²) in [7, 11) is 0. The van der Waals surface area contributed by atoms with Gasteiger partial charge in [0.2, 0.25) is 6.29 Å². The average Bonchev–Trinajstić information content (AvgIpc) is 3.74. The topological polar surface area (TPSA) is 216 Å². The van der Waals surface area contributed by atoms with Crippen molar-refractivity contribution in [3.8, 4) is 11.5 Å². The van der Waals surface area contributed by atoms with Gasteiger partial charge in [-0.15, -0.1) is 0 Å². The van der Waals surface area contributed by atoms with Crippen molar-refractivity contribution in [3.63, 3.8) is 0 Å². The number of fused-ring (bicyclic) bond motifs is 4. The number of allylic oxidation sites excluding steroid dienone is 1. The first-order chi connectivity index (χ1) is 28.3. The molecule has 0 radical (unpaired) electrons. The van der Waals surface area contributed by atoms with E-state index >= 15 is 0 Å². The van der Waals surface area contributed by atoms with Crippen LogP contribution in [0.5, 0.6) is 11.5 Å². The Labute approximate surface area is 341 Å². The van der Waals surface area contributed by atoms with Crippen molar-refractivity contribution in [3.05, 3.63) is 57.7 Å². The first kappa shape index (κ1) is 38.5. The lowest BCUT2D eigenvalue weighted by atomic mass is 9.39. The van der Waals surface area contributed by atoms with Crippen LogP contribution in [-0.2, 0) is 14.2 Å². The number of nitrogens with one attached hydrogen (secondary N) is 2. The number of carboxylic acids is 1. The molecule has 9 aliphatic rings. The van der Waals surface area contributed by atoms with E-state index in [-0.39, 0.29) is 64.9 Å². The van der Waals surface area contributed by atoms with Gasteiger partial charge in [-0.2, -0.15) is 0 Å². The standard InChI is InChI=1S/C45H54N2O12/c1-20-12-22-13-23(40(54)55)14-30(33(22)35(51)32(20)21(2)49)57-41-36(52)38(53)45-16-27-34-25(29(59-45)8-7-28(50)39(45)58-41)5-6-26(34)43(10-11-48)19-56-17-24-15-42-9-3-4-31(42)46-47-44(27,18-42)37(24)43/h6,12-14,24,27-29,31,36-39,41,46-48,50-53H,3-5,7-11,15-19H2,1-2H3,(H,54,55)/t24-,27?,28+,29-,31+,36-,37-,38-,39-,41+,42-,43-,44-,45+/m1/s1. The van der Waals surface area contributed by atoms with Gasteiger partial charge in [0.05, 0.1) is 35.3 Å². The van der Waals surface area contributed by atoms with Crippen LogP contribution in [0, 0.1) is 35.5 Å². The average molecular weight is 815 g/mol. The fourth-order valence-electron chi connectivity index (χ4n) is 14.8. The summed E-state index contributed by atoms with van der Waals surface area (Å²) in [4.78, 5) is 25.0. The Balaban J connectivity index is 1.03. The number of ketones is 1. The van der Waals surface area contributed by atoms with Crippen LogP contribution in [0.1, 0.15) is 97.4 Å². The van der Waals surface area contributed by atoms with Crippen molar-refractivity contribution in [2.24, 2.45) is 28.6 Å². The van der Waals surface area contributed by atoms with Crippen LogP contribution in [0.15, 0.2) is 41.0 Å². The minimum atomic E-state index is -1.75. The minimum absolute atomic E-state index is 0.0187. The zero-order valence-corrected chi connectivity index (χ0v) is 33.4. The quantitative estimate of drug-likeness (QED) is 0.197. The molecule has 4 aliphatic carbocycles. The third-order valence-corrected chi connectivity index (χ3v) is 16.7. The molecule has 4 bridgehead atoms. The minimum Gasteiger partial charge on any atom is -0.506 e. The lowest BCUT2D eigenvalue weighted by Gasteiger charge is -2.71. The van der Waals surface area contributed by atoms with E-state index in [0.717, 1.165) is 37.7 Å². The van der Waals surface area contributed by atoms with E-state index in [0.29, 0.717) is 49.5 Å². The highest BCUT2D eigenvalue weighted by atomic mass is 16.7. The summed E-state index contributed by atoms with van der Waals surface area (Å²) in [6.45, 7) is 4.12. The fraction of sp³-hybridized carbons (Fsp3) is 0.644. The number of ether oxygens (including phenoxy) is 4. The molecule has 5 heterocycles. The summed E-state index contributed by atoms with van der Waals surface area (Å²) in [6.07, 6.45) is 1.87. The number of aliphatic hydroxyl groups is 4. The zero-order valence-electron chi connectivity index (χ0n) is 33.4. The van der Waals surface area contributed by atoms with Gasteiger partial charge in [0.15, 0.2) is 5.78 Å². The van der Waals surface area contributed by atoms with Gasteiger partial charge in [0, 0.05) is 36.1 Å². The van der Waals surface area contributed by atoms with E-state index in [1.54, 1.807) is 13.0 Å². The number of aromatic hydroxyl groups is 1. The van der Waals surface area contributed by atoms with Gasteiger partial charge in [-0.3, -0.25) is 15.6 Å². The van der Waals surface area contributed by atoms with Gasteiger partial charge in [-0.1, -0.05) is 18.6 Å². The molecule has 2 aromatic carbocycles. The summed E-state index contributed by atoms with van der Waals surface area (Å²) in [5.74, 6) is -2.15. The Kier molecular flexibility index (Phi) is 8.50. The highest BCUT2D eigenvalue weighted by Gasteiger charge is 2.75. The maximum absolute atomic E-state index is 12.7. The van der Waals surface area contributed by atoms with E-state index in [9.17, 15) is 40.2 Å². The third-order valence-electron chi connectivity index (χ3n) is 16.7. The highest BCUT2D eigenvalue weighted by molar-refractivity contribution is 6.08. The third kappa shape index (κ3) is 5.00. The normalized spacial score (nSPS) is 44.1. The van der Waals surface area contributed by atoms with Crippen LogP contribution in [0.3, 0.4) is 0 Å². The van der Waals surface area contributed by atoms with Crippen molar-refractivity contribution in [1.82, 2.24) is 10.9 Å². The maximum Gasteiger partial charge on any atom is 0.335 e. The van der Waals surface area contributed by atoms with E-state index in [2.05, 4.69) is 16.9 Å². The summed E-state index contributed by atoms with van der Waals surface area (Å²) in [5.41, 5.74) is 9.13. The Hall–Kier alpha value is -3.44. The number of phenolic OH excluding ortho intramolecular Hbond substituents is 1. The van der Waals surface area contributed by atoms with Crippen LogP contribution in [0.2, 0.25) is 0 Å². The molecule has 316 valence electrons. The number of aryl methyl sites for hydroxylation is 1. The molecule has 14 heteroatoms. The van der Waals surface area contributed by atoms with Crippen LogP contribution in [-0.4, -0.2) is 116 Å².